The Bertz CT molecular complexity index is 1010. The molecule has 0 aromatic rings. The van der Waals surface area contributed by atoms with Crippen molar-refractivity contribution in [2.24, 2.45) is 0 Å². The Balaban J connectivity index is 4.53. The maximum Gasteiger partial charge on any atom is 0.306 e. The van der Waals surface area contributed by atoms with E-state index in [0.717, 1.165) is 77.0 Å². The third-order valence-electron chi connectivity index (χ3n) is 12.3. The number of ether oxygens (including phenoxy) is 1. The summed E-state index contributed by atoms with van der Waals surface area (Å²) < 4.78 is 5.76. The molecular formula is C57H105NO4. The lowest BCUT2D eigenvalue weighted by Gasteiger charge is -2.24. The van der Waals surface area contributed by atoms with Gasteiger partial charge in [0.2, 0.25) is 11.8 Å². The Morgan fingerprint density at radius 1 is 0.355 bits per heavy atom. The van der Waals surface area contributed by atoms with Crippen LogP contribution < -0.4 is 0 Å². The van der Waals surface area contributed by atoms with Crippen LogP contribution in [0.5, 0.6) is 0 Å². The first-order valence-electron chi connectivity index (χ1n) is 27.4. The summed E-state index contributed by atoms with van der Waals surface area (Å²) in [6, 6.07) is 0. The number of rotatable bonds is 48. The molecule has 0 aliphatic heterocycles. The first-order valence-corrected chi connectivity index (χ1v) is 27.4. The van der Waals surface area contributed by atoms with Crippen LogP contribution in [0.15, 0.2) is 36.5 Å². The van der Waals surface area contributed by atoms with Crippen molar-refractivity contribution in [1.82, 2.24) is 4.90 Å². The molecule has 0 heterocycles. The summed E-state index contributed by atoms with van der Waals surface area (Å²) in [6.07, 6.45) is 62.1. The molecule has 5 heteroatoms. The van der Waals surface area contributed by atoms with Gasteiger partial charge in [-0.3, -0.25) is 19.3 Å². The molecule has 5 nitrogen and oxygen atoms in total. The second-order valence-corrected chi connectivity index (χ2v) is 18.7. The van der Waals surface area contributed by atoms with Gasteiger partial charge in [-0.1, -0.05) is 211 Å². The normalized spacial score (nSPS) is 12.3. The maximum absolute atomic E-state index is 13.5. The molecule has 1 unspecified atom stereocenters. The fraction of sp³-hybridized carbons (Fsp3) is 0.842. The number of carbonyl (C=O) groups is 3. The van der Waals surface area contributed by atoms with Crippen LogP contribution in [0, 0.1) is 0 Å². The third-order valence-corrected chi connectivity index (χ3v) is 12.3. The smallest absolute Gasteiger partial charge is 0.306 e. The quantitative estimate of drug-likeness (QED) is 0.0347. The number of nitrogens with zero attached hydrogens (tertiary/aromatic N) is 1. The number of esters is 1. The zero-order chi connectivity index (χ0) is 45.2. The molecule has 0 rings (SSSR count). The second kappa shape index (κ2) is 49.8. The summed E-state index contributed by atoms with van der Waals surface area (Å²) in [5.74, 6) is -0.439. The van der Waals surface area contributed by atoms with Gasteiger partial charge < -0.3 is 4.74 Å². The van der Waals surface area contributed by atoms with Crippen LogP contribution in [0.1, 0.15) is 297 Å². The molecule has 2 amide bonds. The second-order valence-electron chi connectivity index (χ2n) is 18.7. The van der Waals surface area contributed by atoms with Gasteiger partial charge in [-0.25, -0.2) is 0 Å². The molecule has 0 saturated carbocycles. The van der Waals surface area contributed by atoms with Crippen molar-refractivity contribution in [3.63, 3.8) is 0 Å². The highest BCUT2D eigenvalue weighted by Gasteiger charge is 2.24. The molecule has 0 aromatic carbocycles. The minimum atomic E-state index is -0.498. The van der Waals surface area contributed by atoms with E-state index >= 15 is 0 Å². The van der Waals surface area contributed by atoms with Crippen LogP contribution in [-0.2, 0) is 19.1 Å². The number of hydrogen-bond acceptors (Lipinski definition) is 4. The predicted molar refractivity (Wildman–Crippen MR) is 271 cm³/mol. The summed E-state index contributed by atoms with van der Waals surface area (Å²) >= 11 is 0. The number of hydrogen-bond donors (Lipinski definition) is 0. The molecule has 0 bridgehead atoms. The molecule has 0 saturated heterocycles. The van der Waals surface area contributed by atoms with Gasteiger partial charge >= 0.3 is 5.97 Å². The van der Waals surface area contributed by atoms with Crippen LogP contribution >= 0.6 is 0 Å². The third kappa shape index (κ3) is 44.4. The van der Waals surface area contributed by atoms with Crippen molar-refractivity contribution >= 4 is 17.8 Å². The summed E-state index contributed by atoms with van der Waals surface area (Å²) in [5.41, 5.74) is 0. The number of imide groups is 1. The Labute approximate surface area is 386 Å². The molecule has 0 radical (unpaired) electrons. The molecule has 0 aliphatic carbocycles. The molecule has 0 aromatic heterocycles. The summed E-state index contributed by atoms with van der Waals surface area (Å²) in [4.78, 5) is 41.1. The molecule has 362 valence electrons. The molecule has 0 N–H and O–H groups in total. The Kier molecular flexibility index (Phi) is 48.1. The van der Waals surface area contributed by atoms with Crippen LogP contribution in [-0.4, -0.2) is 35.3 Å². The van der Waals surface area contributed by atoms with Gasteiger partial charge in [0.1, 0.15) is 6.10 Å². The van der Waals surface area contributed by atoms with Gasteiger partial charge in [0.05, 0.1) is 6.54 Å². The number of unbranched alkanes of at least 4 members (excludes halogenated alkanes) is 33. The molecule has 0 aliphatic rings. The topological polar surface area (TPSA) is 63.7 Å². The van der Waals surface area contributed by atoms with Crippen LogP contribution in [0.25, 0.3) is 0 Å². The van der Waals surface area contributed by atoms with E-state index in [-0.39, 0.29) is 24.3 Å². The van der Waals surface area contributed by atoms with Gasteiger partial charge in [-0.05, 0) is 103 Å². The summed E-state index contributed by atoms with van der Waals surface area (Å²) in [6.45, 7) is 8.79. The van der Waals surface area contributed by atoms with Crippen molar-refractivity contribution < 1.29 is 19.1 Å². The lowest BCUT2D eigenvalue weighted by molar-refractivity contribution is -0.155. The van der Waals surface area contributed by atoms with Gasteiger partial charge in [0, 0.05) is 19.3 Å². The summed E-state index contributed by atoms with van der Waals surface area (Å²) in [7, 11) is 0. The van der Waals surface area contributed by atoms with Crippen molar-refractivity contribution in [2.75, 3.05) is 6.54 Å². The number of amides is 2. The van der Waals surface area contributed by atoms with Crippen molar-refractivity contribution in [3.8, 4) is 0 Å². The highest BCUT2D eigenvalue weighted by molar-refractivity contribution is 5.95. The van der Waals surface area contributed by atoms with Gasteiger partial charge in [-0.2, -0.15) is 0 Å². The van der Waals surface area contributed by atoms with Crippen LogP contribution in [0.2, 0.25) is 0 Å². The van der Waals surface area contributed by atoms with E-state index in [2.05, 4.69) is 57.2 Å². The van der Waals surface area contributed by atoms with E-state index in [1.165, 1.54) is 178 Å². The van der Waals surface area contributed by atoms with E-state index in [1.807, 2.05) is 6.92 Å². The van der Waals surface area contributed by atoms with Crippen LogP contribution in [0.4, 0.5) is 0 Å². The standard InChI is InChI=1S/C57H105NO4/c1-5-8-11-14-17-20-23-26-29-32-35-38-41-44-47-50-55(59)58(56(60)51-48-45-42-39-36-33-30-27-24-21-18-15-12-9-6-2)53-54(4)62-57(61)52-49-46-43-40-37-34-31-28-25-22-19-16-13-10-7-3/h26-31,54H,5-25,32-53H2,1-4H3. The first kappa shape index (κ1) is 59.8. The Morgan fingerprint density at radius 2 is 0.597 bits per heavy atom. The van der Waals surface area contributed by atoms with E-state index < -0.39 is 6.10 Å². The minimum absolute atomic E-state index is 0.111. The highest BCUT2D eigenvalue weighted by Crippen LogP contribution is 2.16. The average molecular weight is 868 g/mol. The molecule has 62 heavy (non-hydrogen) atoms. The largest absolute Gasteiger partial charge is 0.461 e. The molecule has 0 spiro atoms. The fourth-order valence-corrected chi connectivity index (χ4v) is 8.22. The summed E-state index contributed by atoms with van der Waals surface area (Å²) in [5, 5.41) is 0. The zero-order valence-electron chi connectivity index (χ0n) is 42.0. The average Bonchev–Trinajstić information content (AvgIpc) is 3.26. The first-order chi connectivity index (χ1) is 30.5. The number of carbonyl (C=O) groups excluding carboxylic acids is 3. The maximum atomic E-state index is 13.5. The fourth-order valence-electron chi connectivity index (χ4n) is 8.22. The highest BCUT2D eigenvalue weighted by atomic mass is 16.5. The number of allylic oxidation sites excluding steroid dienone is 6. The monoisotopic (exact) mass is 868 g/mol. The Morgan fingerprint density at radius 3 is 0.887 bits per heavy atom. The van der Waals surface area contributed by atoms with E-state index in [0.29, 0.717) is 19.3 Å². The van der Waals surface area contributed by atoms with Gasteiger partial charge in [0.15, 0.2) is 0 Å². The van der Waals surface area contributed by atoms with Crippen molar-refractivity contribution in [1.29, 1.82) is 0 Å². The van der Waals surface area contributed by atoms with Gasteiger partial charge in [-0.15, -0.1) is 0 Å². The minimum Gasteiger partial charge on any atom is -0.461 e. The lowest BCUT2D eigenvalue weighted by atomic mass is 10.1. The SMILES string of the molecule is CCCCCCCCC=CCCCCCCCC(=O)OC(C)CN(C(=O)CCCCCCCC=CCCCCCCCC)C(=O)CCCCCCCC=CCCCCCCCC. The zero-order valence-corrected chi connectivity index (χ0v) is 42.0. The van der Waals surface area contributed by atoms with E-state index in [9.17, 15) is 14.4 Å². The molecule has 0 fully saturated rings. The molecule has 1 atom stereocenters. The predicted octanol–water partition coefficient (Wildman–Crippen LogP) is 18.4. The lowest BCUT2D eigenvalue weighted by Crippen LogP contribution is -2.42. The Hall–Kier alpha value is -2.17. The van der Waals surface area contributed by atoms with Crippen molar-refractivity contribution in [2.45, 2.75) is 303 Å². The van der Waals surface area contributed by atoms with Crippen LogP contribution in [0.3, 0.4) is 0 Å². The van der Waals surface area contributed by atoms with E-state index in [1.54, 1.807) is 0 Å². The van der Waals surface area contributed by atoms with Gasteiger partial charge in [0.25, 0.3) is 0 Å². The molecular weight excluding hydrogens is 763 g/mol. The van der Waals surface area contributed by atoms with Crippen molar-refractivity contribution in [3.05, 3.63) is 36.5 Å². The van der Waals surface area contributed by atoms with E-state index in [4.69, 9.17) is 4.74 Å².